The zero-order valence-electron chi connectivity index (χ0n) is 14.9. The van der Waals surface area contributed by atoms with Crippen LogP contribution in [0.1, 0.15) is 24.9 Å². The average molecular weight is 434 g/mol. The van der Waals surface area contributed by atoms with E-state index < -0.39 is 22.0 Å². The minimum atomic E-state index is -4.65. The van der Waals surface area contributed by atoms with Gasteiger partial charge in [0.15, 0.2) is 0 Å². The molecule has 0 aliphatic rings. The van der Waals surface area contributed by atoms with Gasteiger partial charge in [0.2, 0.25) is 5.76 Å². The molecule has 0 radical (unpaired) electrons. The van der Waals surface area contributed by atoms with Crippen LogP contribution in [0.4, 0.5) is 13.2 Å². The Hall–Kier alpha value is -2.11. The summed E-state index contributed by atoms with van der Waals surface area (Å²) in [5, 5.41) is 3.38. The summed E-state index contributed by atoms with van der Waals surface area (Å²) >= 11 is 0.840. The molecule has 0 aliphatic heterocycles. The average Bonchev–Trinajstić information content (AvgIpc) is 3.38. The van der Waals surface area contributed by atoms with E-state index in [4.69, 9.17) is 4.42 Å². The standard InChI is InChI=1S/C17H17F3N2O4S2/c1-11(5-6-12-4-3-9-25-12)22(2)28(23,24)16-8-7-14(27-16)13-10-15(26-21-13)17(18,19)20/h3-4,7-11H,5-6H2,1-2H3/t11-/m0/s1. The van der Waals surface area contributed by atoms with E-state index in [0.29, 0.717) is 12.8 Å². The van der Waals surface area contributed by atoms with Crippen LogP contribution < -0.4 is 0 Å². The summed E-state index contributed by atoms with van der Waals surface area (Å²) in [6, 6.07) is 6.80. The second kappa shape index (κ2) is 7.72. The Kier molecular flexibility index (Phi) is 5.69. The molecule has 3 aromatic heterocycles. The topological polar surface area (TPSA) is 76.6 Å². The van der Waals surface area contributed by atoms with Gasteiger partial charge in [0.25, 0.3) is 10.0 Å². The highest BCUT2D eigenvalue weighted by atomic mass is 32.2. The molecule has 1 atom stereocenters. The highest BCUT2D eigenvalue weighted by Gasteiger charge is 2.36. The first-order valence-corrected chi connectivity index (χ1v) is 10.5. The number of halogens is 3. The smallest absolute Gasteiger partial charge is 0.452 e. The molecule has 28 heavy (non-hydrogen) atoms. The van der Waals surface area contributed by atoms with Crippen molar-refractivity contribution < 1.29 is 30.5 Å². The summed E-state index contributed by atoms with van der Waals surface area (Å²) in [4.78, 5) is 0.273. The maximum atomic E-state index is 12.8. The van der Waals surface area contributed by atoms with Gasteiger partial charge in [-0.3, -0.25) is 0 Å². The van der Waals surface area contributed by atoms with Gasteiger partial charge in [0.1, 0.15) is 15.7 Å². The van der Waals surface area contributed by atoms with Crippen LogP contribution in [0.15, 0.2) is 49.7 Å². The fourth-order valence-corrected chi connectivity index (χ4v) is 5.32. The predicted molar refractivity (Wildman–Crippen MR) is 96.3 cm³/mol. The summed E-state index contributed by atoms with van der Waals surface area (Å²) in [7, 11) is -2.33. The molecule has 3 aromatic rings. The number of alkyl halides is 3. The lowest BCUT2D eigenvalue weighted by atomic mass is 10.1. The summed E-state index contributed by atoms with van der Waals surface area (Å²) < 4.78 is 74.4. The van der Waals surface area contributed by atoms with Crippen LogP contribution in [0.3, 0.4) is 0 Å². The van der Waals surface area contributed by atoms with Crippen LogP contribution in [-0.4, -0.2) is 31.0 Å². The molecule has 0 unspecified atom stereocenters. The minimum Gasteiger partial charge on any atom is -0.469 e. The van der Waals surface area contributed by atoms with E-state index in [1.54, 1.807) is 19.3 Å². The molecule has 3 rings (SSSR count). The Labute approximate surface area is 163 Å². The van der Waals surface area contributed by atoms with Crippen molar-refractivity contribution in [2.75, 3.05) is 7.05 Å². The maximum Gasteiger partial charge on any atom is 0.452 e. The molecule has 6 nitrogen and oxygen atoms in total. The number of furan rings is 1. The van der Waals surface area contributed by atoms with Crippen molar-refractivity contribution in [3.63, 3.8) is 0 Å². The van der Waals surface area contributed by atoms with E-state index in [1.165, 1.54) is 23.5 Å². The number of nitrogens with zero attached hydrogens (tertiary/aromatic N) is 2. The van der Waals surface area contributed by atoms with Gasteiger partial charge in [-0.15, -0.1) is 11.3 Å². The molecule has 0 aromatic carbocycles. The summed E-state index contributed by atoms with van der Waals surface area (Å²) in [5.74, 6) is -0.466. The molecule has 0 N–H and O–H groups in total. The van der Waals surface area contributed by atoms with Gasteiger partial charge in [-0.2, -0.15) is 17.5 Å². The number of sulfonamides is 1. The van der Waals surface area contributed by atoms with Crippen molar-refractivity contribution in [2.24, 2.45) is 0 Å². The normalized spacial score (nSPS) is 13.9. The first-order valence-electron chi connectivity index (χ1n) is 8.23. The van der Waals surface area contributed by atoms with Crippen molar-refractivity contribution in [2.45, 2.75) is 36.2 Å². The van der Waals surface area contributed by atoms with Gasteiger partial charge in [0, 0.05) is 25.6 Å². The molecular formula is C17H17F3N2O4S2. The fraction of sp³-hybridized carbons (Fsp3) is 0.353. The van der Waals surface area contributed by atoms with Crippen molar-refractivity contribution in [1.29, 1.82) is 0 Å². The van der Waals surface area contributed by atoms with Gasteiger partial charge < -0.3 is 8.94 Å². The summed E-state index contributed by atoms with van der Waals surface area (Å²) in [6.45, 7) is 1.78. The second-order valence-electron chi connectivity index (χ2n) is 6.18. The quantitative estimate of drug-likeness (QED) is 0.541. The van der Waals surface area contributed by atoms with E-state index in [2.05, 4.69) is 9.68 Å². The Morgan fingerprint density at radius 2 is 2.04 bits per heavy atom. The molecule has 152 valence electrons. The lowest BCUT2D eigenvalue weighted by Crippen LogP contribution is -2.35. The van der Waals surface area contributed by atoms with E-state index in [0.717, 1.165) is 23.2 Å². The zero-order valence-corrected chi connectivity index (χ0v) is 16.6. The van der Waals surface area contributed by atoms with Crippen molar-refractivity contribution in [1.82, 2.24) is 9.46 Å². The number of aromatic nitrogens is 1. The number of hydrogen-bond donors (Lipinski definition) is 0. The molecular weight excluding hydrogens is 417 g/mol. The Morgan fingerprint density at radius 3 is 2.64 bits per heavy atom. The van der Waals surface area contributed by atoms with E-state index in [-0.39, 0.29) is 20.8 Å². The van der Waals surface area contributed by atoms with Crippen LogP contribution in [0, 0.1) is 0 Å². The number of rotatable bonds is 7. The number of thiophene rings is 1. The molecule has 0 saturated heterocycles. The molecule has 0 aliphatic carbocycles. The lowest BCUT2D eigenvalue weighted by molar-refractivity contribution is -0.155. The number of aryl methyl sites for hydroxylation is 1. The maximum absolute atomic E-state index is 12.8. The first kappa shape index (κ1) is 20.6. The molecule has 0 spiro atoms. The van der Waals surface area contributed by atoms with Crippen LogP contribution in [0.5, 0.6) is 0 Å². The third kappa shape index (κ3) is 4.31. The Balaban J connectivity index is 1.74. The van der Waals surface area contributed by atoms with Gasteiger partial charge in [-0.1, -0.05) is 5.16 Å². The zero-order chi connectivity index (χ0) is 20.5. The monoisotopic (exact) mass is 434 g/mol. The molecule has 11 heteroatoms. The lowest BCUT2D eigenvalue weighted by Gasteiger charge is -2.23. The molecule has 3 heterocycles. The highest BCUT2D eigenvalue weighted by Crippen LogP contribution is 2.36. The Bertz CT molecular complexity index is 1020. The minimum absolute atomic E-state index is 0.0198. The molecule has 0 amide bonds. The van der Waals surface area contributed by atoms with Crippen LogP contribution >= 0.6 is 11.3 Å². The highest BCUT2D eigenvalue weighted by molar-refractivity contribution is 7.91. The van der Waals surface area contributed by atoms with Crippen molar-refractivity contribution in [3.05, 3.63) is 48.1 Å². The molecule has 0 saturated carbocycles. The van der Waals surface area contributed by atoms with Crippen LogP contribution in [0.2, 0.25) is 0 Å². The second-order valence-corrected chi connectivity index (χ2v) is 9.49. The summed E-state index contributed by atoms with van der Waals surface area (Å²) in [6.07, 6.45) is -1.95. The first-order chi connectivity index (χ1) is 13.1. The van der Waals surface area contributed by atoms with E-state index in [9.17, 15) is 21.6 Å². The third-order valence-corrected chi connectivity index (χ3v) is 7.81. The van der Waals surface area contributed by atoms with Crippen LogP contribution in [0.25, 0.3) is 10.6 Å². The fourth-order valence-electron chi connectivity index (χ4n) is 2.49. The molecule has 0 fully saturated rings. The largest absolute Gasteiger partial charge is 0.469 e. The predicted octanol–water partition coefficient (Wildman–Crippen LogP) is 4.66. The van der Waals surface area contributed by atoms with Gasteiger partial charge in [0.05, 0.1) is 11.1 Å². The van der Waals surface area contributed by atoms with E-state index in [1.807, 2.05) is 6.07 Å². The van der Waals surface area contributed by atoms with Crippen LogP contribution in [-0.2, 0) is 22.6 Å². The number of hydrogen-bond acceptors (Lipinski definition) is 6. The van der Waals surface area contributed by atoms with Crippen molar-refractivity contribution in [3.8, 4) is 10.6 Å². The molecule has 0 bridgehead atoms. The van der Waals surface area contributed by atoms with Gasteiger partial charge in [-0.25, -0.2) is 8.42 Å². The third-order valence-electron chi connectivity index (χ3n) is 4.27. The Morgan fingerprint density at radius 1 is 1.29 bits per heavy atom. The van der Waals surface area contributed by atoms with Crippen molar-refractivity contribution >= 4 is 21.4 Å². The van der Waals surface area contributed by atoms with E-state index >= 15 is 0 Å². The van der Waals surface area contributed by atoms with Gasteiger partial charge >= 0.3 is 6.18 Å². The van der Waals surface area contributed by atoms with Gasteiger partial charge in [-0.05, 0) is 37.6 Å². The summed E-state index contributed by atoms with van der Waals surface area (Å²) in [5.41, 5.74) is -0.0627. The SMILES string of the molecule is C[C@@H](CCc1ccco1)N(C)S(=O)(=O)c1ccc(-c2cc(C(F)(F)F)on2)s1.